The zero-order valence-electron chi connectivity index (χ0n) is 18.4. The minimum atomic E-state index is -0.235. The fraction of sp³-hybridized carbons (Fsp3) is 0.192. The summed E-state index contributed by atoms with van der Waals surface area (Å²) in [7, 11) is 1.63. The summed E-state index contributed by atoms with van der Waals surface area (Å²) in [6.45, 7) is 3.85. The first-order valence-electron chi connectivity index (χ1n) is 10.2. The van der Waals surface area contributed by atoms with Gasteiger partial charge in [0, 0.05) is 23.4 Å². The monoisotopic (exact) mass is 443 g/mol. The van der Waals surface area contributed by atoms with Crippen molar-refractivity contribution in [1.82, 2.24) is 4.90 Å². The number of anilines is 1. The van der Waals surface area contributed by atoms with Gasteiger partial charge < -0.3 is 10.2 Å². The van der Waals surface area contributed by atoms with Crippen molar-refractivity contribution in [2.45, 2.75) is 24.5 Å². The second kappa shape index (κ2) is 10.7. The van der Waals surface area contributed by atoms with E-state index in [-0.39, 0.29) is 18.4 Å². The van der Waals surface area contributed by atoms with Crippen LogP contribution >= 0.6 is 11.8 Å². The van der Waals surface area contributed by atoms with Gasteiger partial charge in [-0.3, -0.25) is 9.59 Å². The number of carbonyl (C=O) groups is 2. The van der Waals surface area contributed by atoms with E-state index in [0.717, 1.165) is 27.3 Å². The predicted molar refractivity (Wildman–Crippen MR) is 129 cm³/mol. The predicted octanol–water partition coefficient (Wildman–Crippen LogP) is 5.18. The Hall–Kier alpha value is -3.56. The highest BCUT2D eigenvalue weighted by molar-refractivity contribution is 7.98. The standard InChI is InChI=1S/C26H25N3O2S/c1-18-7-6-8-19(2)25(18)28-24(30)16-29(3)26(31)22-9-4-5-10-23(22)32-17-21-13-11-20(15-27)12-14-21/h4-14H,16-17H2,1-3H3,(H,28,30). The van der Waals surface area contributed by atoms with E-state index >= 15 is 0 Å². The Morgan fingerprint density at radius 3 is 2.28 bits per heavy atom. The molecule has 0 fully saturated rings. The van der Waals surface area contributed by atoms with E-state index in [9.17, 15) is 9.59 Å². The van der Waals surface area contributed by atoms with Gasteiger partial charge in [0.05, 0.1) is 23.7 Å². The summed E-state index contributed by atoms with van der Waals surface area (Å²) >= 11 is 1.55. The second-order valence-electron chi connectivity index (χ2n) is 7.57. The molecule has 3 rings (SSSR count). The first-order valence-corrected chi connectivity index (χ1v) is 11.2. The highest BCUT2D eigenvalue weighted by atomic mass is 32.2. The normalized spacial score (nSPS) is 10.3. The van der Waals surface area contributed by atoms with Crippen molar-refractivity contribution < 1.29 is 9.59 Å². The molecule has 0 aliphatic rings. The van der Waals surface area contributed by atoms with Gasteiger partial charge in [0.2, 0.25) is 5.91 Å². The van der Waals surface area contributed by atoms with Crippen LogP contribution in [-0.2, 0) is 10.5 Å². The van der Waals surface area contributed by atoms with Gasteiger partial charge in [-0.2, -0.15) is 5.26 Å². The summed E-state index contributed by atoms with van der Waals surface area (Å²) in [5.74, 6) is 0.234. The van der Waals surface area contributed by atoms with Gasteiger partial charge in [-0.25, -0.2) is 0 Å². The van der Waals surface area contributed by atoms with Gasteiger partial charge in [-0.15, -0.1) is 11.8 Å². The van der Waals surface area contributed by atoms with Gasteiger partial charge in [0.15, 0.2) is 0 Å². The second-order valence-corrected chi connectivity index (χ2v) is 8.59. The Balaban J connectivity index is 1.66. The Bertz CT molecular complexity index is 1150. The highest BCUT2D eigenvalue weighted by Crippen LogP contribution is 2.27. The zero-order valence-corrected chi connectivity index (χ0v) is 19.2. The van der Waals surface area contributed by atoms with Gasteiger partial charge >= 0.3 is 0 Å². The molecule has 2 amide bonds. The number of para-hydroxylation sites is 1. The number of rotatable bonds is 7. The topological polar surface area (TPSA) is 73.2 Å². The molecule has 0 aliphatic carbocycles. The van der Waals surface area contributed by atoms with Crippen LogP contribution in [0, 0.1) is 25.2 Å². The maximum absolute atomic E-state index is 13.1. The van der Waals surface area contributed by atoms with Crippen LogP contribution in [0.2, 0.25) is 0 Å². The smallest absolute Gasteiger partial charge is 0.255 e. The lowest BCUT2D eigenvalue weighted by Crippen LogP contribution is -2.35. The molecule has 0 unspecified atom stereocenters. The molecule has 0 radical (unpaired) electrons. The third-order valence-electron chi connectivity index (χ3n) is 5.07. The first-order chi connectivity index (χ1) is 15.4. The number of hydrogen-bond acceptors (Lipinski definition) is 4. The van der Waals surface area contributed by atoms with Crippen molar-refractivity contribution in [3.05, 3.63) is 94.5 Å². The largest absolute Gasteiger partial charge is 0.332 e. The molecule has 1 N–H and O–H groups in total. The lowest BCUT2D eigenvalue weighted by molar-refractivity contribution is -0.116. The summed E-state index contributed by atoms with van der Waals surface area (Å²) in [5.41, 5.74) is 5.01. The van der Waals surface area contributed by atoms with E-state index in [1.165, 1.54) is 4.90 Å². The van der Waals surface area contributed by atoms with E-state index in [1.54, 1.807) is 37.0 Å². The zero-order chi connectivity index (χ0) is 23.1. The minimum absolute atomic E-state index is 0.0404. The van der Waals surface area contributed by atoms with E-state index < -0.39 is 0 Å². The van der Waals surface area contributed by atoms with Gasteiger partial charge in [0.25, 0.3) is 5.91 Å². The molecule has 6 heteroatoms. The number of likely N-dealkylation sites (N-methyl/N-ethyl adjacent to an activating group) is 1. The molecule has 0 heterocycles. The summed E-state index contributed by atoms with van der Waals surface area (Å²) in [6.07, 6.45) is 0. The van der Waals surface area contributed by atoms with Crippen LogP contribution in [0.4, 0.5) is 5.69 Å². The summed E-state index contributed by atoms with van der Waals surface area (Å²) in [4.78, 5) is 27.9. The molecule has 0 atom stereocenters. The molecule has 0 saturated heterocycles. The molecule has 0 aliphatic heterocycles. The van der Waals surface area contributed by atoms with E-state index in [4.69, 9.17) is 5.26 Å². The van der Waals surface area contributed by atoms with Crippen LogP contribution in [-0.4, -0.2) is 30.3 Å². The quantitative estimate of drug-likeness (QED) is 0.511. The Labute approximate surface area is 193 Å². The van der Waals surface area contributed by atoms with Gasteiger partial charge in [-0.1, -0.05) is 42.5 Å². The highest BCUT2D eigenvalue weighted by Gasteiger charge is 2.19. The van der Waals surface area contributed by atoms with Crippen molar-refractivity contribution in [3.63, 3.8) is 0 Å². The molecule has 162 valence electrons. The van der Waals surface area contributed by atoms with Crippen LogP contribution in [0.1, 0.15) is 32.6 Å². The van der Waals surface area contributed by atoms with Crippen molar-refractivity contribution in [1.29, 1.82) is 5.26 Å². The van der Waals surface area contributed by atoms with E-state index in [2.05, 4.69) is 11.4 Å². The van der Waals surface area contributed by atoms with Crippen molar-refractivity contribution >= 4 is 29.3 Å². The SMILES string of the molecule is Cc1cccc(C)c1NC(=O)CN(C)C(=O)c1ccccc1SCc1ccc(C#N)cc1. The Morgan fingerprint density at radius 2 is 1.62 bits per heavy atom. The molecule has 32 heavy (non-hydrogen) atoms. The van der Waals surface area contributed by atoms with Crippen LogP contribution < -0.4 is 5.32 Å². The Morgan fingerprint density at radius 1 is 0.969 bits per heavy atom. The molecule has 0 spiro atoms. The van der Waals surface area contributed by atoms with Crippen molar-refractivity contribution in [2.75, 3.05) is 18.9 Å². The Kier molecular flexibility index (Phi) is 7.69. The number of nitrogens with zero attached hydrogens (tertiary/aromatic N) is 2. The number of amides is 2. The minimum Gasteiger partial charge on any atom is -0.332 e. The molecular weight excluding hydrogens is 418 g/mol. The van der Waals surface area contributed by atoms with Crippen LogP contribution in [0.25, 0.3) is 0 Å². The third-order valence-corrected chi connectivity index (χ3v) is 6.21. The van der Waals surface area contributed by atoms with Crippen molar-refractivity contribution in [3.8, 4) is 6.07 Å². The van der Waals surface area contributed by atoms with E-state index in [0.29, 0.717) is 16.9 Å². The molecule has 3 aromatic rings. The van der Waals surface area contributed by atoms with Crippen LogP contribution in [0.15, 0.2) is 71.6 Å². The lowest BCUT2D eigenvalue weighted by Gasteiger charge is -2.19. The molecule has 0 saturated carbocycles. The van der Waals surface area contributed by atoms with Crippen molar-refractivity contribution in [2.24, 2.45) is 0 Å². The molecular formula is C26H25N3O2S. The molecule has 3 aromatic carbocycles. The average molecular weight is 444 g/mol. The average Bonchev–Trinajstić information content (AvgIpc) is 2.80. The third kappa shape index (κ3) is 5.77. The summed E-state index contributed by atoms with van der Waals surface area (Å²) < 4.78 is 0. The maximum Gasteiger partial charge on any atom is 0.255 e. The fourth-order valence-corrected chi connectivity index (χ4v) is 4.29. The number of hydrogen-bond donors (Lipinski definition) is 1. The molecule has 5 nitrogen and oxygen atoms in total. The number of nitrogens with one attached hydrogen (secondary N) is 1. The molecule has 0 bridgehead atoms. The van der Waals surface area contributed by atoms with Crippen LogP contribution in [0.3, 0.4) is 0 Å². The van der Waals surface area contributed by atoms with Gasteiger partial charge in [0.1, 0.15) is 0 Å². The first kappa shape index (κ1) is 23.1. The number of carbonyl (C=O) groups excluding carboxylic acids is 2. The van der Waals surface area contributed by atoms with E-state index in [1.807, 2.05) is 62.4 Å². The number of nitriles is 1. The molecule has 0 aromatic heterocycles. The van der Waals surface area contributed by atoms with Crippen LogP contribution in [0.5, 0.6) is 0 Å². The fourth-order valence-electron chi connectivity index (χ4n) is 3.29. The van der Waals surface area contributed by atoms with Gasteiger partial charge in [-0.05, 0) is 54.8 Å². The number of thioether (sulfide) groups is 1. The summed E-state index contributed by atoms with van der Waals surface area (Å²) in [6, 6.07) is 22.8. The summed E-state index contributed by atoms with van der Waals surface area (Å²) in [5, 5.41) is 11.9. The number of aryl methyl sites for hydroxylation is 2. The lowest BCUT2D eigenvalue weighted by atomic mass is 10.1. The number of benzene rings is 3. The maximum atomic E-state index is 13.1.